The summed E-state index contributed by atoms with van der Waals surface area (Å²) in [6.07, 6.45) is 0.281. The lowest BCUT2D eigenvalue weighted by molar-refractivity contribution is -0.138. The van der Waals surface area contributed by atoms with Crippen LogP contribution in [-0.4, -0.2) is 26.9 Å². The van der Waals surface area contributed by atoms with Gasteiger partial charge in [-0.2, -0.15) is 5.10 Å². The van der Waals surface area contributed by atoms with Gasteiger partial charge in [-0.15, -0.1) is 0 Å². The Morgan fingerprint density at radius 3 is 2.57 bits per heavy atom. The maximum absolute atomic E-state index is 10.5. The normalized spacial score (nSPS) is 12.9. The van der Waals surface area contributed by atoms with Gasteiger partial charge in [-0.25, -0.2) is 0 Å². The monoisotopic (exact) mass is 197 g/mol. The number of hydrogen-bond donors (Lipinski definition) is 2. The lowest BCUT2D eigenvalue weighted by Gasteiger charge is -2.03. The molecule has 0 saturated carbocycles. The fraction of sp³-hybridized carbons (Fsp3) is 0.556. The highest BCUT2D eigenvalue weighted by Gasteiger charge is 2.17. The van der Waals surface area contributed by atoms with Gasteiger partial charge in [0.2, 0.25) is 0 Å². The molecule has 0 aliphatic rings. The number of carbonyl (C=O) groups is 1. The predicted molar refractivity (Wildman–Crippen MR) is 52.0 cm³/mol. The van der Waals surface area contributed by atoms with E-state index in [1.807, 2.05) is 20.9 Å². The minimum Gasteiger partial charge on any atom is -0.480 e. The molecule has 1 heterocycles. The summed E-state index contributed by atoms with van der Waals surface area (Å²) in [4.78, 5) is 10.5. The first kappa shape index (κ1) is 10.7. The number of carboxylic acid groups (broad SMARTS) is 1. The molecular formula is C9H15N3O2. The topological polar surface area (TPSA) is 81.1 Å². The summed E-state index contributed by atoms with van der Waals surface area (Å²) in [6.45, 7) is 3.87. The third kappa shape index (κ3) is 1.93. The summed E-state index contributed by atoms with van der Waals surface area (Å²) in [5.74, 6) is -0.993. The van der Waals surface area contributed by atoms with Gasteiger partial charge < -0.3 is 10.8 Å². The van der Waals surface area contributed by atoms with Gasteiger partial charge in [0.15, 0.2) is 0 Å². The Bertz CT molecular complexity index is 357. The lowest BCUT2D eigenvalue weighted by atomic mass is 10.1. The van der Waals surface area contributed by atoms with E-state index in [-0.39, 0.29) is 6.42 Å². The fourth-order valence-corrected chi connectivity index (χ4v) is 1.27. The van der Waals surface area contributed by atoms with Crippen LogP contribution < -0.4 is 5.73 Å². The number of aromatic nitrogens is 2. The average Bonchev–Trinajstić information content (AvgIpc) is 2.33. The van der Waals surface area contributed by atoms with Crippen LogP contribution in [0.25, 0.3) is 0 Å². The zero-order valence-electron chi connectivity index (χ0n) is 8.61. The molecule has 3 N–H and O–H groups in total. The van der Waals surface area contributed by atoms with Crippen molar-refractivity contribution in [1.82, 2.24) is 9.78 Å². The van der Waals surface area contributed by atoms with Crippen molar-refractivity contribution in [3.05, 3.63) is 17.0 Å². The summed E-state index contributed by atoms with van der Waals surface area (Å²) >= 11 is 0. The Labute approximate surface area is 82.5 Å². The molecular weight excluding hydrogens is 182 g/mol. The molecule has 5 heteroatoms. The van der Waals surface area contributed by atoms with E-state index >= 15 is 0 Å². The zero-order valence-corrected chi connectivity index (χ0v) is 8.61. The smallest absolute Gasteiger partial charge is 0.320 e. The van der Waals surface area contributed by atoms with Gasteiger partial charge in [0, 0.05) is 19.2 Å². The first-order valence-corrected chi connectivity index (χ1v) is 4.41. The number of nitrogens with zero attached hydrogens (tertiary/aromatic N) is 2. The van der Waals surface area contributed by atoms with E-state index in [2.05, 4.69) is 5.10 Å². The fourth-order valence-electron chi connectivity index (χ4n) is 1.27. The van der Waals surface area contributed by atoms with Gasteiger partial charge in [-0.3, -0.25) is 9.48 Å². The van der Waals surface area contributed by atoms with Gasteiger partial charge in [0.1, 0.15) is 6.04 Å². The third-order valence-corrected chi connectivity index (χ3v) is 2.46. The highest BCUT2D eigenvalue weighted by atomic mass is 16.4. The largest absolute Gasteiger partial charge is 0.480 e. The van der Waals surface area contributed by atoms with Crippen molar-refractivity contribution < 1.29 is 9.90 Å². The Morgan fingerprint density at radius 1 is 1.64 bits per heavy atom. The van der Waals surface area contributed by atoms with Crippen LogP contribution in [0.15, 0.2) is 0 Å². The average molecular weight is 197 g/mol. The van der Waals surface area contributed by atoms with Crippen LogP contribution >= 0.6 is 0 Å². The molecule has 5 nitrogen and oxygen atoms in total. The molecule has 1 rings (SSSR count). The standard InChI is InChI=1S/C9H15N3O2/c1-5-6(2)12(3)11-8(5)4-7(10)9(13)14/h7H,4,10H2,1-3H3,(H,13,14). The van der Waals surface area contributed by atoms with Crippen molar-refractivity contribution in [1.29, 1.82) is 0 Å². The lowest BCUT2D eigenvalue weighted by Crippen LogP contribution is -2.32. The first-order valence-electron chi connectivity index (χ1n) is 4.41. The molecule has 0 saturated heterocycles. The van der Waals surface area contributed by atoms with Crippen LogP contribution in [0.4, 0.5) is 0 Å². The van der Waals surface area contributed by atoms with Crippen LogP contribution in [-0.2, 0) is 18.3 Å². The van der Waals surface area contributed by atoms with Crippen LogP contribution in [0, 0.1) is 13.8 Å². The molecule has 1 aromatic rings. The van der Waals surface area contributed by atoms with Gasteiger partial charge in [-0.05, 0) is 19.4 Å². The quantitative estimate of drug-likeness (QED) is 0.714. The van der Waals surface area contributed by atoms with Gasteiger partial charge in [0.05, 0.1) is 5.69 Å². The number of nitrogens with two attached hydrogens (primary N) is 1. The predicted octanol–water partition coefficient (Wildman–Crippen LogP) is -0.00866. The Balaban J connectivity index is 2.87. The number of aliphatic carboxylic acids is 1. The molecule has 78 valence electrons. The number of aryl methyl sites for hydroxylation is 1. The van der Waals surface area contributed by atoms with Crippen LogP contribution in [0.3, 0.4) is 0 Å². The second kappa shape index (κ2) is 3.79. The van der Waals surface area contributed by atoms with Crippen LogP contribution in [0.1, 0.15) is 17.0 Å². The van der Waals surface area contributed by atoms with E-state index in [1.54, 1.807) is 4.68 Å². The van der Waals surface area contributed by atoms with Gasteiger partial charge >= 0.3 is 5.97 Å². The number of hydrogen-bond acceptors (Lipinski definition) is 3. The van der Waals surface area contributed by atoms with Gasteiger partial charge in [0.25, 0.3) is 0 Å². The minimum absolute atomic E-state index is 0.281. The van der Waals surface area contributed by atoms with Crippen molar-refractivity contribution in [2.45, 2.75) is 26.3 Å². The highest BCUT2D eigenvalue weighted by Crippen LogP contribution is 2.12. The van der Waals surface area contributed by atoms with E-state index in [4.69, 9.17) is 10.8 Å². The highest BCUT2D eigenvalue weighted by molar-refractivity contribution is 5.73. The van der Waals surface area contributed by atoms with E-state index in [1.165, 1.54) is 0 Å². The number of rotatable bonds is 3. The summed E-state index contributed by atoms with van der Waals surface area (Å²) in [7, 11) is 1.83. The van der Waals surface area contributed by atoms with Crippen molar-refractivity contribution in [2.24, 2.45) is 12.8 Å². The molecule has 0 spiro atoms. The van der Waals surface area contributed by atoms with Crippen molar-refractivity contribution >= 4 is 5.97 Å². The zero-order chi connectivity index (χ0) is 10.9. The number of carboxylic acids is 1. The maximum Gasteiger partial charge on any atom is 0.320 e. The Morgan fingerprint density at radius 2 is 2.21 bits per heavy atom. The molecule has 0 amide bonds. The molecule has 1 aromatic heterocycles. The van der Waals surface area contributed by atoms with Crippen molar-refractivity contribution in [3.8, 4) is 0 Å². The third-order valence-electron chi connectivity index (χ3n) is 2.46. The van der Waals surface area contributed by atoms with Crippen LogP contribution in [0.5, 0.6) is 0 Å². The minimum atomic E-state index is -0.993. The van der Waals surface area contributed by atoms with E-state index in [0.717, 1.165) is 17.0 Å². The molecule has 0 bridgehead atoms. The molecule has 1 atom stereocenters. The maximum atomic E-state index is 10.5. The molecule has 14 heavy (non-hydrogen) atoms. The van der Waals surface area contributed by atoms with E-state index < -0.39 is 12.0 Å². The van der Waals surface area contributed by atoms with Crippen molar-refractivity contribution in [2.75, 3.05) is 0 Å². The first-order chi connectivity index (χ1) is 6.43. The van der Waals surface area contributed by atoms with Gasteiger partial charge in [-0.1, -0.05) is 0 Å². The second-order valence-electron chi connectivity index (χ2n) is 3.43. The van der Waals surface area contributed by atoms with E-state index in [9.17, 15) is 4.79 Å². The SMILES string of the molecule is Cc1c(CC(N)C(=O)O)nn(C)c1C. The second-order valence-corrected chi connectivity index (χ2v) is 3.43. The Hall–Kier alpha value is -1.36. The van der Waals surface area contributed by atoms with E-state index in [0.29, 0.717) is 0 Å². The molecule has 0 radical (unpaired) electrons. The molecule has 0 aliphatic heterocycles. The molecule has 0 aromatic carbocycles. The summed E-state index contributed by atoms with van der Waals surface area (Å²) in [6, 6.07) is -0.872. The Kier molecular flexibility index (Phi) is 2.90. The van der Waals surface area contributed by atoms with Crippen molar-refractivity contribution in [3.63, 3.8) is 0 Å². The summed E-state index contributed by atoms with van der Waals surface area (Å²) in [5.41, 5.74) is 8.25. The van der Waals surface area contributed by atoms with Crippen LogP contribution in [0.2, 0.25) is 0 Å². The molecule has 0 aliphatic carbocycles. The summed E-state index contributed by atoms with van der Waals surface area (Å²) in [5, 5.41) is 12.9. The molecule has 1 unspecified atom stereocenters. The molecule has 0 fully saturated rings. The summed E-state index contributed by atoms with van der Waals surface area (Å²) < 4.78 is 1.74.